The second-order valence-electron chi connectivity index (χ2n) is 9.30. The molecular weight excluding hydrogens is 550 g/mol. The topological polar surface area (TPSA) is 76.1 Å². The third-order valence-corrected chi connectivity index (χ3v) is 7.80. The molecule has 7 nitrogen and oxygen atoms in total. The van der Waals surface area contributed by atoms with Crippen LogP contribution in [0, 0.1) is 0 Å². The smallest absolute Gasteiger partial charge is 0.357 e. The number of esters is 1. The summed E-state index contributed by atoms with van der Waals surface area (Å²) in [6.07, 6.45) is 0. The number of hydrogen-bond acceptors (Lipinski definition) is 8. The van der Waals surface area contributed by atoms with Gasteiger partial charge in [-0.3, -0.25) is 0 Å². The first kappa shape index (κ1) is 28.8. The Morgan fingerprint density at radius 1 is 0.738 bits per heavy atom. The number of hydrogen-bond donors (Lipinski definition) is 0. The van der Waals surface area contributed by atoms with Crippen molar-refractivity contribution in [3.05, 3.63) is 108 Å². The summed E-state index contributed by atoms with van der Waals surface area (Å²) in [7, 11) is 6.01. The summed E-state index contributed by atoms with van der Waals surface area (Å²) in [5.41, 5.74) is 3.65. The maximum atomic E-state index is 13.2. The van der Waals surface area contributed by atoms with E-state index in [4.69, 9.17) is 28.7 Å². The predicted octanol–water partition coefficient (Wildman–Crippen LogP) is 7.59. The van der Waals surface area contributed by atoms with E-state index >= 15 is 0 Å². The van der Waals surface area contributed by atoms with Crippen molar-refractivity contribution in [3.8, 4) is 34.1 Å². The number of pyridine rings is 1. The van der Waals surface area contributed by atoms with Gasteiger partial charge in [-0.1, -0.05) is 60.7 Å². The molecule has 0 bridgehead atoms. The molecule has 0 aliphatic rings. The molecular formula is C34H31NO6S. The maximum absolute atomic E-state index is 13.2. The van der Waals surface area contributed by atoms with Crippen LogP contribution in [-0.4, -0.2) is 39.4 Å². The average Bonchev–Trinajstić information content (AvgIpc) is 3.05. The molecule has 1 aromatic heterocycles. The van der Waals surface area contributed by atoms with Gasteiger partial charge in [0.2, 0.25) is 5.75 Å². The summed E-state index contributed by atoms with van der Waals surface area (Å²) in [6.45, 7) is 0.423. The van der Waals surface area contributed by atoms with Gasteiger partial charge < -0.3 is 23.7 Å². The Labute approximate surface area is 249 Å². The van der Waals surface area contributed by atoms with Crippen molar-refractivity contribution in [1.29, 1.82) is 0 Å². The van der Waals surface area contributed by atoms with Crippen LogP contribution in [-0.2, 0) is 17.1 Å². The number of benzene rings is 4. The number of methoxy groups -OCH3 is 4. The molecule has 1 heterocycles. The Morgan fingerprint density at radius 2 is 1.38 bits per heavy atom. The van der Waals surface area contributed by atoms with Crippen molar-refractivity contribution in [1.82, 2.24) is 4.98 Å². The van der Waals surface area contributed by atoms with E-state index in [0.29, 0.717) is 51.5 Å². The van der Waals surface area contributed by atoms with Crippen LogP contribution in [0.4, 0.5) is 0 Å². The van der Waals surface area contributed by atoms with Gasteiger partial charge in [-0.25, -0.2) is 9.78 Å². The molecule has 0 saturated carbocycles. The van der Waals surface area contributed by atoms with Crippen LogP contribution >= 0.6 is 11.8 Å². The monoisotopic (exact) mass is 581 g/mol. The Hall–Kier alpha value is -4.69. The number of ether oxygens (including phenoxy) is 5. The number of carbonyl (C=O) groups is 1. The third kappa shape index (κ3) is 6.14. The van der Waals surface area contributed by atoms with Gasteiger partial charge in [0, 0.05) is 16.7 Å². The first-order valence-electron chi connectivity index (χ1n) is 13.3. The fraction of sp³-hybridized carbons (Fsp3) is 0.176. The van der Waals surface area contributed by atoms with E-state index in [9.17, 15) is 4.79 Å². The van der Waals surface area contributed by atoms with Gasteiger partial charge in [0.1, 0.15) is 17.4 Å². The highest BCUT2D eigenvalue weighted by molar-refractivity contribution is 7.98. The number of thioether (sulfide) groups is 1. The Kier molecular flexibility index (Phi) is 9.14. The van der Waals surface area contributed by atoms with Gasteiger partial charge in [0.05, 0.1) is 28.4 Å². The molecule has 0 spiro atoms. The van der Waals surface area contributed by atoms with E-state index in [1.165, 1.54) is 7.11 Å². The number of carbonyl (C=O) groups excluding carboxylic acids is 1. The first-order valence-corrected chi connectivity index (χ1v) is 14.2. The highest BCUT2D eigenvalue weighted by Gasteiger charge is 2.25. The molecule has 4 aromatic carbocycles. The minimum Gasteiger partial charge on any atom is -0.493 e. The highest BCUT2D eigenvalue weighted by atomic mass is 32.2. The van der Waals surface area contributed by atoms with Gasteiger partial charge in [0.15, 0.2) is 17.2 Å². The molecule has 0 fully saturated rings. The minimum atomic E-state index is -0.549. The van der Waals surface area contributed by atoms with Crippen molar-refractivity contribution in [2.75, 3.05) is 28.4 Å². The van der Waals surface area contributed by atoms with Gasteiger partial charge in [-0.15, -0.1) is 11.8 Å². The van der Waals surface area contributed by atoms with Gasteiger partial charge >= 0.3 is 5.97 Å². The van der Waals surface area contributed by atoms with Crippen molar-refractivity contribution < 1.29 is 28.5 Å². The summed E-state index contributed by atoms with van der Waals surface area (Å²) in [4.78, 5) is 18.1. The standard InChI is InChI=1S/C34H31NO6S/c1-37-28-17-24(18-29(38-2)32(28)39-3)30-26-16-15-25(41-20-22-11-7-5-8-12-22)19-27(26)33(35-31(30)34(36)40-4)42-21-23-13-9-6-10-14-23/h5-19H,20-21H2,1-4H3. The van der Waals surface area contributed by atoms with Crippen molar-refractivity contribution >= 4 is 28.5 Å². The zero-order chi connectivity index (χ0) is 29.5. The molecule has 0 radical (unpaired) electrons. The molecule has 0 saturated heterocycles. The second kappa shape index (κ2) is 13.3. The molecule has 5 rings (SSSR count). The maximum Gasteiger partial charge on any atom is 0.357 e. The van der Waals surface area contributed by atoms with Crippen LogP contribution in [0.25, 0.3) is 21.9 Å². The Balaban J connectivity index is 1.70. The summed E-state index contributed by atoms with van der Waals surface area (Å²) < 4.78 is 28.2. The lowest BCUT2D eigenvalue weighted by atomic mass is 9.96. The number of nitrogens with zero attached hydrogens (tertiary/aromatic N) is 1. The molecule has 5 aromatic rings. The van der Waals surface area contributed by atoms with E-state index in [0.717, 1.165) is 21.9 Å². The second-order valence-corrected chi connectivity index (χ2v) is 10.3. The summed E-state index contributed by atoms with van der Waals surface area (Å²) in [5, 5.41) is 2.34. The molecule has 0 unspecified atom stereocenters. The summed E-state index contributed by atoms with van der Waals surface area (Å²) >= 11 is 1.55. The fourth-order valence-electron chi connectivity index (χ4n) is 4.69. The van der Waals surface area contributed by atoms with Crippen molar-refractivity contribution in [2.45, 2.75) is 17.4 Å². The quantitative estimate of drug-likeness (QED) is 0.117. The number of aromatic nitrogens is 1. The van der Waals surface area contributed by atoms with Crippen LogP contribution in [0.5, 0.6) is 23.0 Å². The Morgan fingerprint density at radius 3 is 1.98 bits per heavy atom. The molecule has 0 atom stereocenters. The van der Waals surface area contributed by atoms with E-state index in [2.05, 4.69) is 12.1 Å². The Bertz CT molecular complexity index is 1670. The minimum absolute atomic E-state index is 0.188. The van der Waals surface area contributed by atoms with Crippen molar-refractivity contribution in [3.63, 3.8) is 0 Å². The van der Waals surface area contributed by atoms with Crippen LogP contribution in [0.2, 0.25) is 0 Å². The summed E-state index contributed by atoms with van der Waals surface area (Å²) in [6, 6.07) is 29.6. The van der Waals surface area contributed by atoms with E-state index in [1.54, 1.807) is 45.2 Å². The normalized spacial score (nSPS) is 10.8. The zero-order valence-corrected chi connectivity index (χ0v) is 24.7. The lowest BCUT2D eigenvalue weighted by Crippen LogP contribution is -2.09. The van der Waals surface area contributed by atoms with Crippen LogP contribution in [0.1, 0.15) is 21.6 Å². The third-order valence-electron chi connectivity index (χ3n) is 6.74. The van der Waals surface area contributed by atoms with Gasteiger partial charge in [0.25, 0.3) is 0 Å². The van der Waals surface area contributed by atoms with Crippen LogP contribution < -0.4 is 18.9 Å². The predicted molar refractivity (Wildman–Crippen MR) is 165 cm³/mol. The van der Waals surface area contributed by atoms with E-state index in [1.807, 2.05) is 66.7 Å². The number of fused-ring (bicyclic) bond motifs is 1. The SMILES string of the molecule is COC(=O)c1nc(SCc2ccccc2)c2cc(OCc3ccccc3)ccc2c1-c1cc(OC)c(OC)c(OC)c1. The fourth-order valence-corrected chi connectivity index (χ4v) is 5.67. The highest BCUT2D eigenvalue weighted by Crippen LogP contribution is 2.45. The summed E-state index contributed by atoms with van der Waals surface area (Å²) in [5.74, 6) is 2.18. The lowest BCUT2D eigenvalue weighted by molar-refractivity contribution is 0.0594. The molecule has 8 heteroatoms. The molecule has 0 amide bonds. The molecule has 0 aliphatic heterocycles. The van der Waals surface area contributed by atoms with E-state index < -0.39 is 5.97 Å². The molecule has 214 valence electrons. The van der Waals surface area contributed by atoms with Crippen LogP contribution in [0.15, 0.2) is 96.0 Å². The van der Waals surface area contributed by atoms with Gasteiger partial charge in [-0.05, 0) is 52.4 Å². The first-order chi connectivity index (χ1) is 20.6. The van der Waals surface area contributed by atoms with E-state index in [-0.39, 0.29) is 5.69 Å². The largest absolute Gasteiger partial charge is 0.493 e. The van der Waals surface area contributed by atoms with Crippen molar-refractivity contribution in [2.24, 2.45) is 0 Å². The molecule has 0 aliphatic carbocycles. The lowest BCUT2D eigenvalue weighted by Gasteiger charge is -2.18. The molecule has 0 N–H and O–H groups in total. The molecule has 42 heavy (non-hydrogen) atoms. The zero-order valence-electron chi connectivity index (χ0n) is 23.9. The average molecular weight is 582 g/mol. The number of rotatable bonds is 11. The van der Waals surface area contributed by atoms with Gasteiger partial charge in [-0.2, -0.15) is 0 Å². The van der Waals surface area contributed by atoms with Crippen LogP contribution in [0.3, 0.4) is 0 Å².